The zero-order valence-corrected chi connectivity index (χ0v) is 10.5. The van der Waals surface area contributed by atoms with E-state index in [1.807, 2.05) is 13.8 Å². The van der Waals surface area contributed by atoms with E-state index in [4.69, 9.17) is 11.6 Å². The lowest BCUT2D eigenvalue weighted by atomic mass is 10.2. The van der Waals surface area contributed by atoms with Crippen LogP contribution in [0.3, 0.4) is 0 Å². The Morgan fingerprint density at radius 1 is 1.35 bits per heavy atom. The molecule has 1 aromatic rings. The Kier molecular flexibility index (Phi) is 4.19. The molecule has 3 nitrogen and oxygen atoms in total. The highest BCUT2D eigenvalue weighted by Crippen LogP contribution is 2.30. The lowest BCUT2D eigenvalue weighted by Gasteiger charge is -2.21. The standard InChI is InChI=1S/C10H13ClF3N3/c1-6(2)5-17(3)8-4-7(10(12,13)14)15-9(11)16-8/h4,6H,5H2,1-3H3. The minimum Gasteiger partial charge on any atom is -0.359 e. The van der Waals surface area contributed by atoms with Gasteiger partial charge in [-0.2, -0.15) is 13.2 Å². The molecule has 1 aromatic heterocycles. The van der Waals surface area contributed by atoms with Crippen molar-refractivity contribution in [3.63, 3.8) is 0 Å². The molecule has 0 N–H and O–H groups in total. The summed E-state index contributed by atoms with van der Waals surface area (Å²) in [7, 11) is 1.67. The van der Waals surface area contributed by atoms with E-state index in [9.17, 15) is 13.2 Å². The van der Waals surface area contributed by atoms with Gasteiger partial charge < -0.3 is 4.90 Å². The second-order valence-electron chi connectivity index (χ2n) is 4.15. The van der Waals surface area contributed by atoms with Gasteiger partial charge in [0.1, 0.15) is 5.82 Å². The van der Waals surface area contributed by atoms with Crippen LogP contribution < -0.4 is 4.90 Å². The van der Waals surface area contributed by atoms with Gasteiger partial charge in [-0.15, -0.1) is 0 Å². The Morgan fingerprint density at radius 2 is 1.94 bits per heavy atom. The molecule has 0 radical (unpaired) electrons. The molecule has 0 amide bonds. The van der Waals surface area contributed by atoms with Crippen LogP contribution in [-0.4, -0.2) is 23.6 Å². The van der Waals surface area contributed by atoms with Crippen molar-refractivity contribution in [2.45, 2.75) is 20.0 Å². The zero-order chi connectivity index (χ0) is 13.2. The molecule has 0 saturated heterocycles. The molecule has 0 aliphatic heterocycles. The van der Waals surface area contributed by atoms with Crippen LogP contribution in [0, 0.1) is 5.92 Å². The summed E-state index contributed by atoms with van der Waals surface area (Å²) in [5.41, 5.74) is -1.02. The fraction of sp³-hybridized carbons (Fsp3) is 0.600. The number of hydrogen-bond donors (Lipinski definition) is 0. The van der Waals surface area contributed by atoms with Crippen LogP contribution in [-0.2, 0) is 6.18 Å². The molecule has 0 bridgehead atoms. The molecule has 0 fully saturated rings. The SMILES string of the molecule is CC(C)CN(C)c1cc(C(F)(F)F)nc(Cl)n1. The van der Waals surface area contributed by atoms with Crippen LogP contribution >= 0.6 is 11.6 Å². The van der Waals surface area contributed by atoms with E-state index >= 15 is 0 Å². The van der Waals surface area contributed by atoms with E-state index in [2.05, 4.69) is 9.97 Å². The first-order valence-electron chi connectivity index (χ1n) is 5.03. The van der Waals surface area contributed by atoms with Crippen molar-refractivity contribution in [1.82, 2.24) is 9.97 Å². The van der Waals surface area contributed by atoms with Gasteiger partial charge in [-0.3, -0.25) is 0 Å². The fourth-order valence-corrected chi connectivity index (χ4v) is 1.57. The van der Waals surface area contributed by atoms with E-state index in [1.165, 1.54) is 0 Å². The first-order valence-corrected chi connectivity index (χ1v) is 5.41. The molecule has 1 rings (SSSR count). The quantitative estimate of drug-likeness (QED) is 0.787. The van der Waals surface area contributed by atoms with E-state index in [0.29, 0.717) is 12.5 Å². The van der Waals surface area contributed by atoms with Crippen molar-refractivity contribution in [1.29, 1.82) is 0 Å². The molecule has 0 unspecified atom stereocenters. The van der Waals surface area contributed by atoms with Crippen molar-refractivity contribution >= 4 is 17.4 Å². The van der Waals surface area contributed by atoms with Crippen molar-refractivity contribution in [2.75, 3.05) is 18.5 Å². The first-order chi connectivity index (χ1) is 7.70. The average Bonchev–Trinajstić information content (AvgIpc) is 2.14. The van der Waals surface area contributed by atoms with Gasteiger partial charge in [-0.25, -0.2) is 9.97 Å². The molecule has 0 atom stereocenters. The van der Waals surface area contributed by atoms with E-state index in [1.54, 1.807) is 11.9 Å². The van der Waals surface area contributed by atoms with Crippen LogP contribution in [0.1, 0.15) is 19.5 Å². The predicted octanol–water partition coefficient (Wildman–Crippen LogP) is 3.24. The minimum absolute atomic E-state index is 0.172. The van der Waals surface area contributed by atoms with Gasteiger partial charge in [0, 0.05) is 19.7 Å². The number of nitrogens with zero attached hydrogens (tertiary/aromatic N) is 3. The topological polar surface area (TPSA) is 29.0 Å². The van der Waals surface area contributed by atoms with E-state index in [0.717, 1.165) is 6.07 Å². The molecule has 17 heavy (non-hydrogen) atoms. The number of halogens is 4. The zero-order valence-electron chi connectivity index (χ0n) is 9.72. The summed E-state index contributed by atoms with van der Waals surface area (Å²) in [5.74, 6) is 0.481. The lowest BCUT2D eigenvalue weighted by Crippen LogP contribution is -2.24. The summed E-state index contributed by atoms with van der Waals surface area (Å²) in [4.78, 5) is 8.57. The molecule has 0 saturated carbocycles. The Morgan fingerprint density at radius 3 is 2.41 bits per heavy atom. The maximum Gasteiger partial charge on any atom is 0.433 e. The van der Waals surface area contributed by atoms with Crippen molar-refractivity contribution in [3.8, 4) is 0 Å². The van der Waals surface area contributed by atoms with Gasteiger partial charge in [0.05, 0.1) is 0 Å². The largest absolute Gasteiger partial charge is 0.433 e. The second kappa shape index (κ2) is 5.08. The monoisotopic (exact) mass is 267 g/mol. The highest BCUT2D eigenvalue weighted by Gasteiger charge is 2.33. The molecule has 0 aliphatic rings. The predicted molar refractivity (Wildman–Crippen MR) is 60.2 cm³/mol. The summed E-state index contributed by atoms with van der Waals surface area (Å²) in [6.07, 6.45) is -4.51. The Balaban J connectivity index is 3.05. The summed E-state index contributed by atoms with van der Waals surface area (Å²) in [6.45, 7) is 4.51. The van der Waals surface area contributed by atoms with Crippen LogP contribution in [0.4, 0.5) is 19.0 Å². The fourth-order valence-electron chi connectivity index (χ4n) is 1.39. The summed E-state index contributed by atoms with van der Waals surface area (Å²) < 4.78 is 37.5. The number of alkyl halides is 3. The van der Waals surface area contributed by atoms with Gasteiger partial charge in [0.2, 0.25) is 5.28 Å². The molecular formula is C10H13ClF3N3. The Bertz CT molecular complexity index is 393. The molecule has 0 aromatic carbocycles. The highest BCUT2D eigenvalue weighted by molar-refractivity contribution is 6.28. The second-order valence-corrected chi connectivity index (χ2v) is 4.49. The van der Waals surface area contributed by atoms with Gasteiger partial charge in [0.15, 0.2) is 5.69 Å². The van der Waals surface area contributed by atoms with Gasteiger partial charge in [-0.05, 0) is 17.5 Å². The third-order valence-electron chi connectivity index (χ3n) is 2.01. The molecule has 0 aliphatic carbocycles. The lowest BCUT2D eigenvalue weighted by molar-refractivity contribution is -0.141. The third-order valence-corrected chi connectivity index (χ3v) is 2.17. The summed E-state index contributed by atoms with van der Waals surface area (Å²) >= 11 is 5.49. The number of hydrogen-bond acceptors (Lipinski definition) is 3. The molecule has 96 valence electrons. The van der Waals surface area contributed by atoms with Gasteiger partial charge >= 0.3 is 6.18 Å². The Hall–Kier alpha value is -1.04. The molecule has 0 spiro atoms. The summed E-state index contributed by atoms with van der Waals surface area (Å²) in [5, 5.41) is -0.398. The van der Waals surface area contributed by atoms with E-state index in [-0.39, 0.29) is 5.82 Å². The van der Waals surface area contributed by atoms with Crippen molar-refractivity contribution in [3.05, 3.63) is 17.0 Å². The number of aromatic nitrogens is 2. The first kappa shape index (κ1) is 14.0. The van der Waals surface area contributed by atoms with Crippen molar-refractivity contribution in [2.24, 2.45) is 5.92 Å². The third kappa shape index (κ3) is 4.03. The number of rotatable bonds is 3. The number of anilines is 1. The summed E-state index contributed by atoms with van der Waals surface area (Å²) in [6, 6.07) is 0.897. The van der Waals surface area contributed by atoms with Crippen molar-refractivity contribution < 1.29 is 13.2 Å². The molecule has 1 heterocycles. The van der Waals surface area contributed by atoms with Crippen LogP contribution in [0.2, 0.25) is 5.28 Å². The van der Waals surface area contributed by atoms with Gasteiger partial charge in [-0.1, -0.05) is 13.8 Å². The van der Waals surface area contributed by atoms with Crippen LogP contribution in [0.25, 0.3) is 0 Å². The maximum atomic E-state index is 12.5. The van der Waals surface area contributed by atoms with E-state index < -0.39 is 17.2 Å². The van der Waals surface area contributed by atoms with Gasteiger partial charge in [0.25, 0.3) is 0 Å². The van der Waals surface area contributed by atoms with Crippen LogP contribution in [0.15, 0.2) is 6.07 Å². The van der Waals surface area contributed by atoms with Crippen LogP contribution in [0.5, 0.6) is 0 Å². The Labute approximate surface area is 103 Å². The molecule has 7 heteroatoms. The minimum atomic E-state index is -4.51. The maximum absolute atomic E-state index is 12.5. The average molecular weight is 268 g/mol. The molecular weight excluding hydrogens is 255 g/mol. The smallest absolute Gasteiger partial charge is 0.359 e. The highest BCUT2D eigenvalue weighted by atomic mass is 35.5. The normalized spacial score (nSPS) is 12.0.